The van der Waals surface area contributed by atoms with E-state index in [1.165, 1.54) is 11.1 Å². The molecule has 31 heavy (non-hydrogen) atoms. The molecule has 3 aliphatic rings. The third-order valence-corrected chi connectivity index (χ3v) is 7.54. The van der Waals surface area contributed by atoms with E-state index < -0.39 is 0 Å². The quantitative estimate of drug-likeness (QED) is 0.378. The number of ether oxygens (including phenoxy) is 3. The Hall–Kier alpha value is -2.27. The predicted octanol–water partition coefficient (Wildman–Crippen LogP) is 5.00. The Morgan fingerprint density at radius 3 is 2.81 bits per heavy atom. The lowest BCUT2D eigenvalue weighted by Gasteiger charge is -2.43. The first kappa shape index (κ1) is 21.9. The largest absolute Gasteiger partial charge is 0.492 e. The van der Waals surface area contributed by atoms with Crippen LogP contribution < -0.4 is 14.2 Å². The zero-order chi connectivity index (χ0) is 22.4. The van der Waals surface area contributed by atoms with Gasteiger partial charge in [0.25, 0.3) is 0 Å². The van der Waals surface area contributed by atoms with Gasteiger partial charge in [0.2, 0.25) is 12.5 Å². The van der Waals surface area contributed by atoms with Gasteiger partial charge < -0.3 is 18.7 Å². The first-order chi connectivity index (χ1) is 14.6. The first-order valence-electron chi connectivity index (χ1n) is 11.3. The molecule has 0 saturated heterocycles. The normalized spacial score (nSPS) is 25.8. The second kappa shape index (κ2) is 8.01. The average molecular weight is 427 g/mol. The number of methoxy groups -OCH3 is 1. The van der Waals surface area contributed by atoms with Gasteiger partial charge >= 0.3 is 0 Å². The van der Waals surface area contributed by atoms with Crippen molar-refractivity contribution >= 4 is 5.78 Å². The molecule has 1 aliphatic carbocycles. The van der Waals surface area contributed by atoms with Crippen LogP contribution in [-0.2, 0) is 11.2 Å². The number of likely N-dealkylation sites (N-methyl/N-ethyl adjacent to an activating group) is 1. The Kier molecular flexibility index (Phi) is 5.67. The summed E-state index contributed by atoms with van der Waals surface area (Å²) in [7, 11) is 6.07. The number of hydrogen-bond acceptors (Lipinski definition) is 4. The van der Waals surface area contributed by atoms with E-state index in [-0.39, 0.29) is 24.0 Å². The molecule has 1 aromatic rings. The Morgan fingerprint density at radius 2 is 2.10 bits per heavy atom. The van der Waals surface area contributed by atoms with Crippen LogP contribution in [-0.4, -0.2) is 44.8 Å². The topological polar surface area (TPSA) is 44.8 Å². The van der Waals surface area contributed by atoms with E-state index >= 15 is 0 Å². The minimum Gasteiger partial charge on any atom is -0.492 e. The molecule has 0 spiro atoms. The summed E-state index contributed by atoms with van der Waals surface area (Å²) < 4.78 is 17.9. The van der Waals surface area contributed by atoms with E-state index in [1.54, 1.807) is 7.11 Å². The SMILES string of the molecule is COc1c2c(cc3c1[C@@H](CC(=O)/C=C/[C@H]1C(C)=CCCC1(C)C)[N+](C)(C)CC3)OCO2. The summed E-state index contributed by atoms with van der Waals surface area (Å²) in [6.07, 6.45) is 9.92. The summed E-state index contributed by atoms with van der Waals surface area (Å²) in [5, 5.41) is 0. The fraction of sp³-hybridized carbons (Fsp3) is 0.577. The van der Waals surface area contributed by atoms with Gasteiger partial charge in [-0.15, -0.1) is 0 Å². The lowest BCUT2D eigenvalue weighted by molar-refractivity contribution is -0.922. The van der Waals surface area contributed by atoms with Crippen molar-refractivity contribution in [3.63, 3.8) is 0 Å². The smallest absolute Gasteiger partial charge is 0.231 e. The van der Waals surface area contributed by atoms with Gasteiger partial charge in [-0.25, -0.2) is 0 Å². The average Bonchev–Trinajstić information content (AvgIpc) is 3.16. The van der Waals surface area contributed by atoms with Gasteiger partial charge in [-0.1, -0.05) is 31.6 Å². The van der Waals surface area contributed by atoms with E-state index in [0.717, 1.165) is 47.4 Å². The molecule has 0 saturated carbocycles. The standard InChI is InChI=1S/C26H36NO4/c1-17-8-7-12-26(2,3)20(17)10-9-19(28)15-21-23-18(11-13-27(21,4)5)14-22-24(25(23)29-6)31-16-30-22/h8-10,14,20-21H,7,11-13,15-16H2,1-6H3/q+1/b10-9+/t20-,21+/m0/s1. The summed E-state index contributed by atoms with van der Waals surface area (Å²) in [6.45, 7) is 7.96. The second-order valence-corrected chi connectivity index (χ2v) is 10.5. The fourth-order valence-electron chi connectivity index (χ4n) is 5.56. The van der Waals surface area contributed by atoms with Crippen LogP contribution in [0.2, 0.25) is 0 Å². The number of hydrogen-bond donors (Lipinski definition) is 0. The summed E-state index contributed by atoms with van der Waals surface area (Å²) in [6, 6.07) is 2.09. The summed E-state index contributed by atoms with van der Waals surface area (Å²) in [5.74, 6) is 2.62. The molecule has 0 N–H and O–H groups in total. The molecular weight excluding hydrogens is 390 g/mol. The van der Waals surface area contributed by atoms with Crippen molar-refractivity contribution in [1.82, 2.24) is 0 Å². The molecule has 5 heteroatoms. The molecule has 0 radical (unpaired) electrons. The number of allylic oxidation sites excluding steroid dienone is 4. The summed E-state index contributed by atoms with van der Waals surface area (Å²) >= 11 is 0. The Balaban J connectivity index is 1.63. The second-order valence-electron chi connectivity index (χ2n) is 10.5. The van der Waals surface area contributed by atoms with Crippen LogP contribution >= 0.6 is 0 Å². The van der Waals surface area contributed by atoms with Crippen molar-refractivity contribution in [2.24, 2.45) is 11.3 Å². The van der Waals surface area contributed by atoms with Crippen LogP contribution in [0.15, 0.2) is 29.9 Å². The number of ketones is 1. The molecule has 1 aromatic carbocycles. The highest BCUT2D eigenvalue weighted by Gasteiger charge is 2.42. The number of benzene rings is 1. The van der Waals surface area contributed by atoms with Gasteiger partial charge in [0.1, 0.15) is 6.04 Å². The molecule has 0 aromatic heterocycles. The molecule has 0 unspecified atom stereocenters. The number of carbonyl (C=O) groups is 1. The monoisotopic (exact) mass is 426 g/mol. The van der Waals surface area contributed by atoms with E-state index in [0.29, 0.717) is 18.1 Å². The van der Waals surface area contributed by atoms with Crippen LogP contribution in [0.1, 0.15) is 57.2 Å². The van der Waals surface area contributed by atoms with E-state index in [2.05, 4.69) is 53.1 Å². The molecule has 0 bridgehead atoms. The van der Waals surface area contributed by atoms with Gasteiger partial charge in [-0.2, -0.15) is 0 Å². The van der Waals surface area contributed by atoms with Gasteiger partial charge in [0.05, 0.1) is 39.7 Å². The molecule has 2 atom stereocenters. The Bertz CT molecular complexity index is 941. The summed E-state index contributed by atoms with van der Waals surface area (Å²) in [4.78, 5) is 13.2. The molecule has 0 fully saturated rings. The molecule has 4 rings (SSSR count). The van der Waals surface area contributed by atoms with Crippen molar-refractivity contribution in [3.8, 4) is 17.2 Å². The minimum atomic E-state index is 0.0151. The lowest BCUT2D eigenvalue weighted by atomic mass is 9.68. The lowest BCUT2D eigenvalue weighted by Crippen LogP contribution is -2.48. The molecule has 2 heterocycles. The van der Waals surface area contributed by atoms with Crippen molar-refractivity contribution in [2.45, 2.75) is 52.5 Å². The zero-order valence-electron chi connectivity index (χ0n) is 19.8. The van der Waals surface area contributed by atoms with Gasteiger partial charge in [-0.3, -0.25) is 4.79 Å². The van der Waals surface area contributed by atoms with Crippen LogP contribution in [0.3, 0.4) is 0 Å². The van der Waals surface area contributed by atoms with E-state index in [1.807, 2.05) is 6.08 Å². The van der Waals surface area contributed by atoms with Gasteiger partial charge in [0.15, 0.2) is 17.3 Å². The third-order valence-electron chi connectivity index (χ3n) is 7.54. The summed E-state index contributed by atoms with van der Waals surface area (Å²) in [5.41, 5.74) is 3.85. The third kappa shape index (κ3) is 4.00. The van der Waals surface area contributed by atoms with Crippen molar-refractivity contribution in [2.75, 3.05) is 34.5 Å². The highest BCUT2D eigenvalue weighted by molar-refractivity contribution is 5.90. The number of nitrogens with zero attached hydrogens (tertiary/aromatic N) is 1. The van der Waals surface area contributed by atoms with Crippen LogP contribution in [0.5, 0.6) is 17.2 Å². The van der Waals surface area contributed by atoms with Crippen LogP contribution in [0.25, 0.3) is 0 Å². The molecule has 2 aliphatic heterocycles. The Morgan fingerprint density at radius 1 is 1.32 bits per heavy atom. The maximum absolute atomic E-state index is 13.2. The molecule has 168 valence electrons. The fourth-order valence-corrected chi connectivity index (χ4v) is 5.56. The highest BCUT2D eigenvalue weighted by Crippen LogP contribution is 2.51. The van der Waals surface area contributed by atoms with E-state index in [4.69, 9.17) is 14.2 Å². The molecule has 5 nitrogen and oxygen atoms in total. The maximum Gasteiger partial charge on any atom is 0.231 e. The van der Waals surface area contributed by atoms with Crippen molar-refractivity contribution in [3.05, 3.63) is 41.0 Å². The molecular formula is C26H36NO4+. The highest BCUT2D eigenvalue weighted by atomic mass is 16.7. The number of fused-ring (bicyclic) bond motifs is 2. The number of quaternary nitrogens is 1. The predicted molar refractivity (Wildman–Crippen MR) is 122 cm³/mol. The van der Waals surface area contributed by atoms with E-state index in [9.17, 15) is 4.79 Å². The van der Waals surface area contributed by atoms with Crippen molar-refractivity contribution in [1.29, 1.82) is 0 Å². The first-order valence-corrected chi connectivity index (χ1v) is 11.3. The van der Waals surface area contributed by atoms with Gasteiger partial charge in [-0.05, 0) is 42.9 Å². The van der Waals surface area contributed by atoms with Crippen molar-refractivity contribution < 1.29 is 23.5 Å². The van der Waals surface area contributed by atoms with Crippen LogP contribution in [0.4, 0.5) is 0 Å². The Labute approximate surface area is 186 Å². The maximum atomic E-state index is 13.2. The number of carbonyl (C=O) groups excluding carboxylic acids is 1. The zero-order valence-corrected chi connectivity index (χ0v) is 19.8. The number of rotatable bonds is 5. The minimum absolute atomic E-state index is 0.0151. The van der Waals surface area contributed by atoms with Crippen LogP contribution in [0, 0.1) is 11.3 Å². The molecule has 0 amide bonds. The van der Waals surface area contributed by atoms with Gasteiger partial charge in [0, 0.05) is 12.3 Å².